The zero-order valence-corrected chi connectivity index (χ0v) is 30.5. The van der Waals surface area contributed by atoms with Crippen LogP contribution in [-0.2, 0) is 16.2 Å². The lowest BCUT2D eigenvalue weighted by Gasteiger charge is -2.12. The molecule has 0 unspecified atom stereocenters. The molecule has 0 saturated heterocycles. The SMILES string of the molecule is O=C(CSc1ccc(NC(=O)/C(=C/c2ccc(OCc3ccccc3)cc2)NC(=O)c2ccccc2)cc1)Nc1nc(-c2ccc3ccccc3c2)cs1. The van der Waals surface area contributed by atoms with Crippen LogP contribution in [0.4, 0.5) is 10.8 Å². The van der Waals surface area contributed by atoms with Gasteiger partial charge in [0.2, 0.25) is 5.91 Å². The highest BCUT2D eigenvalue weighted by Gasteiger charge is 2.16. The van der Waals surface area contributed by atoms with Crippen LogP contribution in [0.2, 0.25) is 0 Å². The first kappa shape index (κ1) is 35.9. The second kappa shape index (κ2) is 17.4. The van der Waals surface area contributed by atoms with Crippen molar-refractivity contribution >= 4 is 68.5 Å². The Morgan fingerprint density at radius 3 is 2.19 bits per heavy atom. The molecule has 0 aliphatic heterocycles. The molecule has 0 saturated carbocycles. The van der Waals surface area contributed by atoms with Crippen LogP contribution in [0, 0.1) is 0 Å². The van der Waals surface area contributed by atoms with E-state index in [0.717, 1.165) is 32.5 Å². The third kappa shape index (κ3) is 9.68. The van der Waals surface area contributed by atoms with Crippen LogP contribution in [0.5, 0.6) is 5.75 Å². The largest absolute Gasteiger partial charge is 0.489 e. The third-order valence-electron chi connectivity index (χ3n) is 8.25. The molecule has 6 aromatic carbocycles. The summed E-state index contributed by atoms with van der Waals surface area (Å²) >= 11 is 2.76. The summed E-state index contributed by atoms with van der Waals surface area (Å²) in [5.74, 6) is -0.204. The maximum atomic E-state index is 13.6. The zero-order chi connectivity index (χ0) is 37.1. The molecule has 8 nitrogen and oxygen atoms in total. The first-order valence-electron chi connectivity index (χ1n) is 17.1. The average molecular weight is 747 g/mol. The number of benzene rings is 6. The van der Waals surface area contributed by atoms with E-state index in [1.807, 2.05) is 96.4 Å². The number of hydrogen-bond acceptors (Lipinski definition) is 7. The normalized spacial score (nSPS) is 11.1. The van der Waals surface area contributed by atoms with Gasteiger partial charge < -0.3 is 20.7 Å². The van der Waals surface area contributed by atoms with Crippen molar-refractivity contribution in [3.05, 3.63) is 179 Å². The van der Waals surface area contributed by atoms with Gasteiger partial charge in [0, 0.05) is 27.1 Å². The van der Waals surface area contributed by atoms with Crippen LogP contribution in [0.1, 0.15) is 21.5 Å². The number of hydrogen-bond donors (Lipinski definition) is 3. The topological polar surface area (TPSA) is 109 Å². The molecule has 10 heteroatoms. The summed E-state index contributed by atoms with van der Waals surface area (Å²) in [5.41, 5.74) is 4.59. The lowest BCUT2D eigenvalue weighted by Crippen LogP contribution is -2.30. The molecule has 0 bridgehead atoms. The van der Waals surface area contributed by atoms with Crippen molar-refractivity contribution in [1.29, 1.82) is 0 Å². The van der Waals surface area contributed by atoms with Gasteiger partial charge in [0.25, 0.3) is 11.8 Å². The molecule has 7 aromatic rings. The first-order chi connectivity index (χ1) is 26.4. The van der Waals surface area contributed by atoms with Crippen molar-refractivity contribution < 1.29 is 19.1 Å². The lowest BCUT2D eigenvalue weighted by molar-refractivity contribution is -0.114. The lowest BCUT2D eigenvalue weighted by atomic mass is 10.1. The number of aromatic nitrogens is 1. The standard InChI is InChI=1S/C44H34N4O4S2/c49-41(48-44-47-40(28-54-44)35-18-17-32-11-7-8-14-34(32)26-35)29-53-38-23-19-36(20-24-38)45-43(51)39(46-42(50)33-12-5-2-6-13-33)25-30-15-21-37(22-16-30)52-27-31-9-3-1-4-10-31/h1-26,28H,27,29H2,(H,45,51)(H,46,50)(H,47,48,49)/b39-25-. The minimum atomic E-state index is -0.491. The Morgan fingerprint density at radius 2 is 1.43 bits per heavy atom. The van der Waals surface area contributed by atoms with E-state index in [4.69, 9.17) is 4.74 Å². The second-order valence-electron chi connectivity index (χ2n) is 12.1. The second-order valence-corrected chi connectivity index (χ2v) is 14.0. The summed E-state index contributed by atoms with van der Waals surface area (Å²) in [4.78, 5) is 44.9. The molecule has 0 radical (unpaired) electrons. The zero-order valence-electron chi connectivity index (χ0n) is 28.9. The van der Waals surface area contributed by atoms with Gasteiger partial charge in [-0.05, 0) is 82.6 Å². The Labute approximate surface area is 320 Å². The maximum Gasteiger partial charge on any atom is 0.272 e. The third-order valence-corrected chi connectivity index (χ3v) is 10.0. The Morgan fingerprint density at radius 1 is 0.722 bits per heavy atom. The highest BCUT2D eigenvalue weighted by Crippen LogP contribution is 2.28. The van der Waals surface area contributed by atoms with E-state index in [0.29, 0.717) is 34.3 Å². The van der Waals surface area contributed by atoms with Gasteiger partial charge in [0.15, 0.2) is 5.13 Å². The number of amides is 3. The van der Waals surface area contributed by atoms with Crippen molar-refractivity contribution in [3.63, 3.8) is 0 Å². The number of nitrogens with zero attached hydrogens (tertiary/aromatic N) is 1. The van der Waals surface area contributed by atoms with Gasteiger partial charge in [-0.2, -0.15) is 0 Å². The fourth-order valence-corrected chi connectivity index (χ4v) is 6.89. The van der Waals surface area contributed by atoms with Crippen LogP contribution in [0.15, 0.2) is 168 Å². The number of thioether (sulfide) groups is 1. The van der Waals surface area contributed by atoms with Crippen molar-refractivity contribution in [1.82, 2.24) is 10.3 Å². The van der Waals surface area contributed by atoms with Gasteiger partial charge in [0.05, 0.1) is 11.4 Å². The van der Waals surface area contributed by atoms with E-state index in [9.17, 15) is 14.4 Å². The van der Waals surface area contributed by atoms with Crippen molar-refractivity contribution in [3.8, 4) is 17.0 Å². The predicted molar refractivity (Wildman–Crippen MR) is 219 cm³/mol. The summed E-state index contributed by atoms with van der Waals surface area (Å²) in [5, 5.41) is 13.3. The summed E-state index contributed by atoms with van der Waals surface area (Å²) in [6.45, 7) is 0.433. The van der Waals surface area contributed by atoms with Gasteiger partial charge in [-0.1, -0.05) is 97.1 Å². The molecule has 266 valence electrons. The van der Waals surface area contributed by atoms with Crippen LogP contribution < -0.4 is 20.7 Å². The van der Waals surface area contributed by atoms with E-state index in [2.05, 4.69) is 45.2 Å². The molecule has 1 heterocycles. The monoisotopic (exact) mass is 746 g/mol. The molecule has 3 amide bonds. The molecule has 0 aliphatic rings. The molecule has 3 N–H and O–H groups in total. The average Bonchev–Trinajstić information content (AvgIpc) is 3.69. The van der Waals surface area contributed by atoms with Gasteiger partial charge in [-0.3, -0.25) is 14.4 Å². The number of rotatable bonds is 13. The van der Waals surface area contributed by atoms with Gasteiger partial charge in [0.1, 0.15) is 18.1 Å². The quantitative estimate of drug-likeness (QED) is 0.0801. The first-order valence-corrected chi connectivity index (χ1v) is 19.0. The van der Waals surface area contributed by atoms with Crippen LogP contribution in [0.3, 0.4) is 0 Å². The number of carbonyl (C=O) groups is 3. The number of carbonyl (C=O) groups excluding carboxylic acids is 3. The molecular formula is C44H34N4O4S2. The van der Waals surface area contributed by atoms with E-state index in [-0.39, 0.29) is 17.4 Å². The molecule has 1 aromatic heterocycles. The number of anilines is 2. The van der Waals surface area contributed by atoms with Crippen LogP contribution >= 0.6 is 23.1 Å². The molecule has 0 spiro atoms. The van der Waals surface area contributed by atoms with E-state index in [1.165, 1.54) is 23.1 Å². The maximum absolute atomic E-state index is 13.6. The molecule has 0 aliphatic carbocycles. The summed E-state index contributed by atoms with van der Waals surface area (Å²) in [6, 6.07) is 47.4. The summed E-state index contributed by atoms with van der Waals surface area (Å²) in [6.07, 6.45) is 1.62. The predicted octanol–water partition coefficient (Wildman–Crippen LogP) is 9.68. The minimum Gasteiger partial charge on any atom is -0.489 e. The number of ether oxygens (including phenoxy) is 1. The van der Waals surface area contributed by atoms with Crippen molar-refractivity contribution in [2.75, 3.05) is 16.4 Å². The smallest absolute Gasteiger partial charge is 0.272 e. The fraction of sp³-hybridized carbons (Fsp3) is 0.0455. The van der Waals surface area contributed by atoms with E-state index < -0.39 is 11.8 Å². The Hall–Kier alpha value is -6.49. The molecular weight excluding hydrogens is 713 g/mol. The number of fused-ring (bicyclic) bond motifs is 1. The Balaban J connectivity index is 0.955. The molecule has 0 fully saturated rings. The Kier molecular flexibility index (Phi) is 11.5. The summed E-state index contributed by atoms with van der Waals surface area (Å²) in [7, 11) is 0. The Bertz CT molecular complexity index is 2410. The van der Waals surface area contributed by atoms with Crippen LogP contribution in [0.25, 0.3) is 28.1 Å². The van der Waals surface area contributed by atoms with Crippen molar-refractivity contribution in [2.45, 2.75) is 11.5 Å². The highest BCUT2D eigenvalue weighted by atomic mass is 32.2. The molecule has 7 rings (SSSR count). The minimum absolute atomic E-state index is 0.0721. The van der Waals surface area contributed by atoms with Crippen LogP contribution in [-0.4, -0.2) is 28.5 Å². The van der Waals surface area contributed by atoms with E-state index in [1.54, 1.807) is 42.5 Å². The van der Waals surface area contributed by atoms with Crippen molar-refractivity contribution in [2.24, 2.45) is 0 Å². The van der Waals surface area contributed by atoms with Gasteiger partial charge in [-0.25, -0.2) is 4.98 Å². The van der Waals surface area contributed by atoms with Gasteiger partial charge >= 0.3 is 0 Å². The number of nitrogens with one attached hydrogen (secondary N) is 3. The van der Waals surface area contributed by atoms with Gasteiger partial charge in [-0.15, -0.1) is 23.1 Å². The molecule has 54 heavy (non-hydrogen) atoms. The fourth-order valence-electron chi connectivity index (χ4n) is 5.46. The van der Waals surface area contributed by atoms with E-state index >= 15 is 0 Å². The number of thiazole rings is 1. The summed E-state index contributed by atoms with van der Waals surface area (Å²) < 4.78 is 5.90. The molecule has 0 atom stereocenters. The highest BCUT2D eigenvalue weighted by molar-refractivity contribution is 8.00.